The van der Waals surface area contributed by atoms with E-state index in [1.807, 2.05) is 0 Å². The molecule has 4 aromatic rings. The van der Waals surface area contributed by atoms with Crippen LogP contribution in [-0.4, -0.2) is 30.6 Å². The van der Waals surface area contributed by atoms with E-state index in [4.69, 9.17) is 0 Å². The van der Waals surface area contributed by atoms with Crippen LogP contribution in [0.1, 0.15) is 25.3 Å². The summed E-state index contributed by atoms with van der Waals surface area (Å²) in [5.74, 6) is 0. The third-order valence-corrected chi connectivity index (χ3v) is 6.68. The summed E-state index contributed by atoms with van der Waals surface area (Å²) >= 11 is 0. The van der Waals surface area contributed by atoms with Crippen molar-refractivity contribution in [1.82, 2.24) is 4.90 Å². The number of likely N-dealkylation sites (N-methyl/N-ethyl adjacent to an activating group) is 1. The van der Waals surface area contributed by atoms with Crippen molar-refractivity contribution >= 4 is 27.2 Å². The Morgan fingerprint density at radius 3 is 2.47 bits per heavy atom. The minimum Gasteiger partial charge on any atom is -0.366 e. The fourth-order valence-electron chi connectivity index (χ4n) is 5.04. The van der Waals surface area contributed by atoms with E-state index in [1.54, 1.807) is 0 Å². The fraction of sp³-hybridized carbons (Fsp3) is 0.286. The van der Waals surface area contributed by atoms with Crippen LogP contribution in [0.15, 0.2) is 84.9 Å². The summed E-state index contributed by atoms with van der Waals surface area (Å²) in [6, 6.07) is 31.7. The van der Waals surface area contributed by atoms with Gasteiger partial charge < -0.3 is 4.90 Å². The summed E-state index contributed by atoms with van der Waals surface area (Å²) in [7, 11) is 0. The molecule has 0 aromatic heterocycles. The Bertz CT molecular complexity index is 1140. The number of likely N-dealkylation sites (tertiary alicyclic amines) is 1. The van der Waals surface area contributed by atoms with Gasteiger partial charge in [0.1, 0.15) is 0 Å². The minimum atomic E-state index is 0.636. The summed E-state index contributed by atoms with van der Waals surface area (Å²) in [6.07, 6.45) is 2.62. The van der Waals surface area contributed by atoms with E-state index in [1.165, 1.54) is 52.2 Å². The molecule has 0 aliphatic carbocycles. The van der Waals surface area contributed by atoms with Gasteiger partial charge in [0.05, 0.1) is 0 Å². The molecule has 5 rings (SSSR count). The molecule has 1 heterocycles. The van der Waals surface area contributed by atoms with Gasteiger partial charge in [-0.3, -0.25) is 4.90 Å². The van der Waals surface area contributed by atoms with Gasteiger partial charge in [0.2, 0.25) is 0 Å². The van der Waals surface area contributed by atoms with Gasteiger partial charge in [0, 0.05) is 24.8 Å². The molecule has 2 nitrogen and oxygen atoms in total. The Morgan fingerprint density at radius 2 is 1.60 bits per heavy atom. The van der Waals surface area contributed by atoms with Gasteiger partial charge in [-0.15, -0.1) is 0 Å². The predicted octanol–water partition coefficient (Wildman–Crippen LogP) is 6.48. The van der Waals surface area contributed by atoms with Crippen molar-refractivity contribution in [2.45, 2.75) is 32.4 Å². The standard InChI is InChI=1S/C28H30N2/c1-2-29-18-8-14-27(29)21-30(26-17-16-22-9-3-4-11-24(22)19-26)20-25-13-7-12-23-10-5-6-15-28(23)25/h3-7,9-13,15-17,19,27H,2,8,14,18,20-21H2,1H3/t27-/m0/s1. The van der Waals surface area contributed by atoms with Gasteiger partial charge in [-0.2, -0.15) is 0 Å². The first-order valence-corrected chi connectivity index (χ1v) is 11.3. The zero-order chi connectivity index (χ0) is 20.3. The monoisotopic (exact) mass is 394 g/mol. The van der Waals surface area contributed by atoms with Crippen LogP contribution in [0.5, 0.6) is 0 Å². The summed E-state index contributed by atoms with van der Waals surface area (Å²) in [5, 5.41) is 5.31. The molecule has 0 N–H and O–H groups in total. The number of rotatable bonds is 6. The topological polar surface area (TPSA) is 6.48 Å². The largest absolute Gasteiger partial charge is 0.366 e. The molecule has 0 amide bonds. The molecule has 1 atom stereocenters. The summed E-state index contributed by atoms with van der Waals surface area (Å²) in [4.78, 5) is 5.25. The number of nitrogens with zero attached hydrogens (tertiary/aromatic N) is 2. The molecule has 4 aromatic carbocycles. The van der Waals surface area contributed by atoms with E-state index in [9.17, 15) is 0 Å². The van der Waals surface area contributed by atoms with Gasteiger partial charge in [-0.25, -0.2) is 0 Å². The average molecular weight is 395 g/mol. The van der Waals surface area contributed by atoms with Crippen molar-refractivity contribution in [3.05, 3.63) is 90.5 Å². The summed E-state index contributed by atoms with van der Waals surface area (Å²) in [5.41, 5.74) is 2.73. The van der Waals surface area contributed by atoms with Gasteiger partial charge in [-0.05, 0) is 65.2 Å². The lowest BCUT2D eigenvalue weighted by Gasteiger charge is -2.32. The van der Waals surface area contributed by atoms with Crippen molar-refractivity contribution in [3.63, 3.8) is 0 Å². The van der Waals surface area contributed by atoms with Crippen LogP contribution in [0, 0.1) is 0 Å². The van der Waals surface area contributed by atoms with Crippen LogP contribution in [0.2, 0.25) is 0 Å². The molecule has 30 heavy (non-hydrogen) atoms. The van der Waals surface area contributed by atoms with E-state index in [0.29, 0.717) is 6.04 Å². The van der Waals surface area contributed by atoms with E-state index in [2.05, 4.69) is 102 Å². The number of benzene rings is 4. The first-order chi connectivity index (χ1) is 14.8. The molecular formula is C28H30N2. The maximum atomic E-state index is 2.65. The summed E-state index contributed by atoms with van der Waals surface area (Å²) in [6.45, 7) is 6.69. The second-order valence-corrected chi connectivity index (χ2v) is 8.47. The van der Waals surface area contributed by atoms with Crippen molar-refractivity contribution < 1.29 is 0 Å². The third-order valence-electron chi connectivity index (χ3n) is 6.68. The van der Waals surface area contributed by atoms with Crippen molar-refractivity contribution in [1.29, 1.82) is 0 Å². The molecule has 0 spiro atoms. The van der Waals surface area contributed by atoms with E-state index in [0.717, 1.165) is 19.6 Å². The number of hydrogen-bond acceptors (Lipinski definition) is 2. The quantitative estimate of drug-likeness (QED) is 0.369. The van der Waals surface area contributed by atoms with Crippen molar-refractivity contribution in [2.75, 3.05) is 24.5 Å². The van der Waals surface area contributed by atoms with E-state index < -0.39 is 0 Å². The molecular weight excluding hydrogens is 364 g/mol. The molecule has 0 bridgehead atoms. The Morgan fingerprint density at radius 1 is 0.833 bits per heavy atom. The van der Waals surface area contributed by atoms with Crippen LogP contribution in [-0.2, 0) is 6.54 Å². The normalized spacial score (nSPS) is 17.0. The highest BCUT2D eigenvalue weighted by molar-refractivity contribution is 5.87. The maximum absolute atomic E-state index is 2.65. The molecule has 1 fully saturated rings. The zero-order valence-corrected chi connectivity index (χ0v) is 17.8. The zero-order valence-electron chi connectivity index (χ0n) is 17.8. The molecule has 0 unspecified atom stereocenters. The highest BCUT2D eigenvalue weighted by Crippen LogP contribution is 2.28. The van der Waals surface area contributed by atoms with Gasteiger partial charge in [0.25, 0.3) is 0 Å². The van der Waals surface area contributed by atoms with Crippen LogP contribution < -0.4 is 4.90 Å². The second-order valence-electron chi connectivity index (χ2n) is 8.47. The second kappa shape index (κ2) is 8.49. The number of hydrogen-bond donors (Lipinski definition) is 0. The average Bonchev–Trinajstić information content (AvgIpc) is 3.26. The third kappa shape index (κ3) is 3.80. The SMILES string of the molecule is CCN1CCC[C@H]1CN(Cc1cccc2ccccc12)c1ccc2ccccc2c1. The van der Waals surface area contributed by atoms with Gasteiger partial charge >= 0.3 is 0 Å². The molecule has 0 saturated carbocycles. The fourth-order valence-corrected chi connectivity index (χ4v) is 5.04. The number of anilines is 1. The molecule has 1 aliphatic heterocycles. The Hall–Kier alpha value is -2.84. The predicted molar refractivity (Wildman–Crippen MR) is 129 cm³/mol. The molecule has 152 valence electrons. The lowest BCUT2D eigenvalue weighted by Crippen LogP contribution is -2.40. The highest BCUT2D eigenvalue weighted by Gasteiger charge is 2.25. The smallest absolute Gasteiger partial charge is 0.0436 e. The number of fused-ring (bicyclic) bond motifs is 2. The van der Waals surface area contributed by atoms with Crippen molar-refractivity contribution in [2.24, 2.45) is 0 Å². The maximum Gasteiger partial charge on any atom is 0.0436 e. The Balaban J connectivity index is 1.53. The van der Waals surface area contributed by atoms with Gasteiger partial charge in [-0.1, -0.05) is 79.7 Å². The van der Waals surface area contributed by atoms with E-state index in [-0.39, 0.29) is 0 Å². The first-order valence-electron chi connectivity index (χ1n) is 11.3. The molecule has 0 radical (unpaired) electrons. The molecule has 2 heteroatoms. The Kier molecular flexibility index (Phi) is 5.42. The first kappa shape index (κ1) is 19.1. The summed E-state index contributed by atoms with van der Waals surface area (Å²) < 4.78 is 0. The lowest BCUT2D eigenvalue weighted by molar-refractivity contribution is 0.268. The van der Waals surface area contributed by atoms with Crippen LogP contribution in [0.3, 0.4) is 0 Å². The van der Waals surface area contributed by atoms with Crippen molar-refractivity contribution in [3.8, 4) is 0 Å². The van der Waals surface area contributed by atoms with Crippen LogP contribution >= 0.6 is 0 Å². The Labute approximate surface area is 179 Å². The van der Waals surface area contributed by atoms with Crippen LogP contribution in [0.4, 0.5) is 5.69 Å². The lowest BCUT2D eigenvalue weighted by atomic mass is 10.0. The van der Waals surface area contributed by atoms with Gasteiger partial charge in [0.15, 0.2) is 0 Å². The molecule has 1 saturated heterocycles. The highest BCUT2D eigenvalue weighted by atomic mass is 15.2. The minimum absolute atomic E-state index is 0.636. The van der Waals surface area contributed by atoms with E-state index >= 15 is 0 Å². The molecule has 1 aliphatic rings. The van der Waals surface area contributed by atoms with Crippen LogP contribution in [0.25, 0.3) is 21.5 Å².